The highest BCUT2D eigenvalue weighted by atomic mass is 16.4. The van der Waals surface area contributed by atoms with Gasteiger partial charge in [0.15, 0.2) is 0 Å². The lowest BCUT2D eigenvalue weighted by Gasteiger charge is -2.21. The SMILES string of the molecule is CC(C)(C)C[C@H](CC(=O)O)C(=O)O. The molecule has 0 aliphatic heterocycles. The Morgan fingerprint density at radius 1 is 1.23 bits per heavy atom. The first kappa shape index (κ1) is 11.9. The van der Waals surface area contributed by atoms with Crippen LogP contribution in [0.4, 0.5) is 0 Å². The van der Waals surface area contributed by atoms with Gasteiger partial charge in [0, 0.05) is 0 Å². The van der Waals surface area contributed by atoms with Gasteiger partial charge >= 0.3 is 11.9 Å². The molecular formula is C9H16O4. The first-order chi connectivity index (χ1) is 5.72. The van der Waals surface area contributed by atoms with Gasteiger partial charge in [-0.15, -0.1) is 0 Å². The minimum atomic E-state index is -1.06. The molecule has 4 nitrogen and oxygen atoms in total. The number of carboxylic acid groups (broad SMARTS) is 2. The molecule has 13 heavy (non-hydrogen) atoms. The van der Waals surface area contributed by atoms with Gasteiger partial charge in [-0.25, -0.2) is 0 Å². The molecule has 0 aliphatic rings. The maximum absolute atomic E-state index is 10.6. The monoisotopic (exact) mass is 188 g/mol. The lowest BCUT2D eigenvalue weighted by atomic mass is 9.83. The Morgan fingerprint density at radius 3 is 1.92 bits per heavy atom. The van der Waals surface area contributed by atoms with Crippen molar-refractivity contribution in [1.29, 1.82) is 0 Å². The summed E-state index contributed by atoms with van der Waals surface area (Å²) in [5.74, 6) is -2.87. The van der Waals surface area contributed by atoms with E-state index in [9.17, 15) is 9.59 Å². The van der Waals surface area contributed by atoms with Crippen molar-refractivity contribution in [3.05, 3.63) is 0 Å². The molecule has 0 bridgehead atoms. The first-order valence-corrected chi connectivity index (χ1v) is 4.17. The molecule has 2 N–H and O–H groups in total. The van der Waals surface area contributed by atoms with Gasteiger partial charge in [0.2, 0.25) is 0 Å². The van der Waals surface area contributed by atoms with Crippen molar-refractivity contribution in [1.82, 2.24) is 0 Å². The summed E-state index contributed by atoms with van der Waals surface area (Å²) in [5.41, 5.74) is -0.154. The van der Waals surface area contributed by atoms with Crippen LogP contribution in [0.3, 0.4) is 0 Å². The molecule has 4 heteroatoms. The number of hydrogen-bond donors (Lipinski definition) is 2. The van der Waals surface area contributed by atoms with E-state index >= 15 is 0 Å². The van der Waals surface area contributed by atoms with Crippen molar-refractivity contribution in [2.24, 2.45) is 11.3 Å². The molecule has 0 rings (SSSR count). The highest BCUT2D eigenvalue weighted by Crippen LogP contribution is 2.26. The Balaban J connectivity index is 4.27. The normalized spacial score (nSPS) is 13.8. The number of rotatable bonds is 4. The Morgan fingerprint density at radius 2 is 1.69 bits per heavy atom. The Bertz CT molecular complexity index is 202. The number of carboxylic acids is 2. The van der Waals surface area contributed by atoms with E-state index in [1.807, 2.05) is 20.8 Å². The quantitative estimate of drug-likeness (QED) is 0.702. The van der Waals surface area contributed by atoms with Crippen molar-refractivity contribution in [3.63, 3.8) is 0 Å². The van der Waals surface area contributed by atoms with Crippen molar-refractivity contribution < 1.29 is 19.8 Å². The molecular weight excluding hydrogens is 172 g/mol. The van der Waals surface area contributed by atoms with E-state index in [0.717, 1.165) is 0 Å². The summed E-state index contributed by atoms with van der Waals surface area (Å²) in [4.78, 5) is 21.0. The van der Waals surface area contributed by atoms with E-state index in [2.05, 4.69) is 0 Å². The molecule has 0 saturated heterocycles. The molecule has 0 unspecified atom stereocenters. The number of hydrogen-bond acceptors (Lipinski definition) is 2. The van der Waals surface area contributed by atoms with E-state index in [1.54, 1.807) is 0 Å². The van der Waals surface area contributed by atoms with Crippen LogP contribution in [0.25, 0.3) is 0 Å². The van der Waals surface area contributed by atoms with Gasteiger partial charge < -0.3 is 10.2 Å². The fraction of sp³-hybridized carbons (Fsp3) is 0.778. The van der Waals surface area contributed by atoms with Crippen LogP contribution in [0.15, 0.2) is 0 Å². The summed E-state index contributed by atoms with van der Waals surface area (Å²) < 4.78 is 0. The highest BCUT2D eigenvalue weighted by molar-refractivity contribution is 5.77. The van der Waals surface area contributed by atoms with E-state index in [4.69, 9.17) is 10.2 Å². The van der Waals surface area contributed by atoms with Crippen LogP contribution in [0.1, 0.15) is 33.6 Å². The van der Waals surface area contributed by atoms with Crippen LogP contribution in [0.5, 0.6) is 0 Å². The van der Waals surface area contributed by atoms with Crippen LogP contribution in [-0.2, 0) is 9.59 Å². The summed E-state index contributed by atoms with van der Waals surface area (Å²) in [7, 11) is 0. The summed E-state index contributed by atoms with van der Waals surface area (Å²) in [6.07, 6.45) is 0.0846. The van der Waals surface area contributed by atoms with Crippen molar-refractivity contribution in [2.45, 2.75) is 33.6 Å². The second kappa shape index (κ2) is 4.25. The fourth-order valence-corrected chi connectivity index (χ4v) is 1.20. The third-order valence-corrected chi connectivity index (χ3v) is 1.63. The Labute approximate surface area is 77.6 Å². The van der Waals surface area contributed by atoms with Crippen LogP contribution in [0, 0.1) is 11.3 Å². The molecule has 0 heterocycles. The summed E-state index contributed by atoms with van der Waals surface area (Å²) in [6, 6.07) is 0. The average Bonchev–Trinajstić information content (AvgIpc) is 1.81. The molecule has 1 atom stereocenters. The third-order valence-electron chi connectivity index (χ3n) is 1.63. The van der Waals surface area contributed by atoms with Crippen LogP contribution >= 0.6 is 0 Å². The second-order valence-electron chi connectivity index (χ2n) is 4.40. The lowest BCUT2D eigenvalue weighted by molar-refractivity contribution is -0.149. The molecule has 0 aromatic rings. The maximum Gasteiger partial charge on any atom is 0.307 e. The van der Waals surface area contributed by atoms with Gasteiger partial charge in [-0.05, 0) is 11.8 Å². The van der Waals surface area contributed by atoms with E-state index in [1.165, 1.54) is 0 Å². The molecule has 0 aliphatic carbocycles. The molecule has 0 amide bonds. The predicted molar refractivity (Wildman–Crippen MR) is 47.5 cm³/mol. The Hall–Kier alpha value is -1.06. The van der Waals surface area contributed by atoms with Crippen LogP contribution in [-0.4, -0.2) is 22.2 Å². The molecule has 0 spiro atoms. The van der Waals surface area contributed by atoms with Crippen molar-refractivity contribution >= 4 is 11.9 Å². The smallest absolute Gasteiger partial charge is 0.307 e. The molecule has 0 aromatic heterocycles. The average molecular weight is 188 g/mol. The first-order valence-electron chi connectivity index (χ1n) is 4.17. The van der Waals surface area contributed by atoms with Crippen LogP contribution in [0.2, 0.25) is 0 Å². The largest absolute Gasteiger partial charge is 0.481 e. The zero-order chi connectivity index (χ0) is 10.6. The minimum Gasteiger partial charge on any atom is -0.481 e. The molecule has 0 fully saturated rings. The van der Waals surface area contributed by atoms with Gasteiger partial charge in [0.05, 0.1) is 12.3 Å². The third kappa shape index (κ3) is 6.13. The van der Waals surface area contributed by atoms with Gasteiger partial charge in [0.25, 0.3) is 0 Å². The molecule has 0 radical (unpaired) electrons. The zero-order valence-electron chi connectivity index (χ0n) is 8.20. The van der Waals surface area contributed by atoms with Crippen molar-refractivity contribution in [3.8, 4) is 0 Å². The van der Waals surface area contributed by atoms with E-state index < -0.39 is 17.9 Å². The minimum absolute atomic E-state index is 0.154. The molecule has 76 valence electrons. The second-order valence-corrected chi connectivity index (χ2v) is 4.40. The van der Waals surface area contributed by atoms with Crippen LogP contribution < -0.4 is 0 Å². The topological polar surface area (TPSA) is 74.6 Å². The maximum atomic E-state index is 10.6. The molecule has 0 aromatic carbocycles. The lowest BCUT2D eigenvalue weighted by Crippen LogP contribution is -2.23. The van der Waals surface area contributed by atoms with Gasteiger partial charge in [-0.1, -0.05) is 20.8 Å². The van der Waals surface area contributed by atoms with E-state index in [-0.39, 0.29) is 11.8 Å². The Kier molecular flexibility index (Phi) is 3.91. The highest BCUT2D eigenvalue weighted by Gasteiger charge is 2.26. The standard InChI is InChI=1S/C9H16O4/c1-9(2,3)5-6(8(12)13)4-7(10)11/h6H,4-5H2,1-3H3,(H,10,11)(H,12,13)/t6-/m0/s1. The van der Waals surface area contributed by atoms with Gasteiger partial charge in [-0.2, -0.15) is 0 Å². The summed E-state index contributed by atoms with van der Waals surface area (Å²) in [5, 5.41) is 17.2. The number of carbonyl (C=O) groups is 2. The summed E-state index contributed by atoms with van der Waals surface area (Å²) in [6.45, 7) is 5.68. The van der Waals surface area contributed by atoms with Gasteiger partial charge in [-0.3, -0.25) is 9.59 Å². The van der Waals surface area contributed by atoms with Gasteiger partial charge in [0.1, 0.15) is 0 Å². The number of aliphatic carboxylic acids is 2. The van der Waals surface area contributed by atoms with Crippen molar-refractivity contribution in [2.75, 3.05) is 0 Å². The predicted octanol–water partition coefficient (Wildman–Crippen LogP) is 1.60. The summed E-state index contributed by atoms with van der Waals surface area (Å²) >= 11 is 0. The van der Waals surface area contributed by atoms with E-state index in [0.29, 0.717) is 6.42 Å². The zero-order valence-corrected chi connectivity index (χ0v) is 8.20. The molecule has 0 saturated carbocycles. The fourth-order valence-electron chi connectivity index (χ4n) is 1.20.